The average molecular weight is 491 g/mol. The van der Waals surface area contributed by atoms with Gasteiger partial charge in [0.25, 0.3) is 0 Å². The number of phenols is 1. The molecule has 2 saturated carbocycles. The molecule has 36 heavy (non-hydrogen) atoms. The number of aromatic hydroxyl groups is 1. The molecule has 2 N–H and O–H groups in total. The summed E-state index contributed by atoms with van der Waals surface area (Å²) >= 11 is 0. The van der Waals surface area contributed by atoms with Gasteiger partial charge in [0.1, 0.15) is 11.5 Å². The van der Waals surface area contributed by atoms with E-state index in [2.05, 4.69) is 4.90 Å². The summed E-state index contributed by atoms with van der Waals surface area (Å²) < 4.78 is 5.28. The first-order valence-corrected chi connectivity index (χ1v) is 13.2. The van der Waals surface area contributed by atoms with E-state index in [4.69, 9.17) is 4.74 Å². The third-order valence-corrected chi connectivity index (χ3v) is 8.73. The largest absolute Gasteiger partial charge is 0.508 e. The average Bonchev–Trinajstić information content (AvgIpc) is 3.70. The molecule has 1 saturated heterocycles. The zero-order valence-electron chi connectivity index (χ0n) is 21.4. The lowest BCUT2D eigenvalue weighted by molar-refractivity contribution is -0.144. The van der Waals surface area contributed by atoms with E-state index < -0.39 is 11.0 Å². The Morgan fingerprint density at radius 1 is 1.17 bits per heavy atom. The number of aliphatic hydroxyl groups is 1. The monoisotopic (exact) mass is 490 g/mol. The van der Waals surface area contributed by atoms with Gasteiger partial charge in [0, 0.05) is 37.7 Å². The van der Waals surface area contributed by atoms with Gasteiger partial charge in [0.05, 0.1) is 12.7 Å². The molecule has 6 heteroatoms. The zero-order valence-corrected chi connectivity index (χ0v) is 21.4. The van der Waals surface area contributed by atoms with Crippen molar-refractivity contribution < 1.29 is 19.7 Å². The number of hydrogen-bond donors (Lipinski definition) is 2. The minimum Gasteiger partial charge on any atom is -0.508 e. The van der Waals surface area contributed by atoms with Crippen LogP contribution in [0.5, 0.6) is 11.5 Å². The van der Waals surface area contributed by atoms with E-state index in [0.717, 1.165) is 48.7 Å². The highest BCUT2D eigenvalue weighted by Gasteiger charge is 2.58. The standard InChI is InChI=1S/C30H38N2O4/c1-31(28(34)12-11-22-5-3-8-27(17-22)36-2)25-13-14-30(35)21-32(20-23-9-10-23)16-15-29(30,19-25)24-6-4-7-26(33)18-24/h3-8,11-12,17-18,23,25,33,35H,9-10,13-16,19-21H2,1-2H3/t25-,29+,30+/m1/s1. The summed E-state index contributed by atoms with van der Waals surface area (Å²) in [6.45, 7) is 2.64. The van der Waals surface area contributed by atoms with Crippen LogP contribution in [-0.2, 0) is 10.2 Å². The number of rotatable bonds is 7. The van der Waals surface area contributed by atoms with E-state index in [9.17, 15) is 15.0 Å². The number of ether oxygens (including phenoxy) is 1. The van der Waals surface area contributed by atoms with Crippen LogP contribution in [0.1, 0.15) is 49.7 Å². The molecule has 1 aliphatic heterocycles. The molecule has 2 aromatic carbocycles. The Kier molecular flexibility index (Phi) is 6.84. The summed E-state index contributed by atoms with van der Waals surface area (Å²) in [4.78, 5) is 17.4. The number of β-amino-alcohol motifs (C(OH)–C–C–N with tert-alkyl or cyclic N) is 1. The number of hydrogen-bond acceptors (Lipinski definition) is 5. The van der Waals surface area contributed by atoms with Gasteiger partial charge >= 0.3 is 0 Å². The Morgan fingerprint density at radius 3 is 2.72 bits per heavy atom. The highest BCUT2D eigenvalue weighted by molar-refractivity contribution is 5.91. The van der Waals surface area contributed by atoms with Crippen LogP contribution < -0.4 is 4.74 Å². The van der Waals surface area contributed by atoms with Gasteiger partial charge in [-0.2, -0.15) is 0 Å². The molecule has 192 valence electrons. The van der Waals surface area contributed by atoms with Crippen LogP contribution in [0.3, 0.4) is 0 Å². The van der Waals surface area contributed by atoms with Crippen molar-refractivity contribution in [1.82, 2.24) is 9.80 Å². The fourth-order valence-electron chi connectivity index (χ4n) is 6.40. The maximum atomic E-state index is 13.2. The van der Waals surface area contributed by atoms with Gasteiger partial charge in [-0.1, -0.05) is 24.3 Å². The maximum absolute atomic E-state index is 13.2. The van der Waals surface area contributed by atoms with Gasteiger partial charge in [0.15, 0.2) is 0 Å². The van der Waals surface area contributed by atoms with Gasteiger partial charge in [-0.15, -0.1) is 0 Å². The van der Waals surface area contributed by atoms with E-state index in [0.29, 0.717) is 19.4 Å². The Morgan fingerprint density at radius 2 is 1.97 bits per heavy atom. The van der Waals surface area contributed by atoms with E-state index in [1.165, 1.54) is 12.8 Å². The molecule has 0 radical (unpaired) electrons. The number of likely N-dealkylation sites (N-methyl/N-ethyl adjacent to an activating group) is 1. The molecule has 2 aliphatic carbocycles. The molecule has 1 heterocycles. The Balaban J connectivity index is 1.37. The number of phenolic OH excluding ortho intramolecular Hbond substituents is 1. The molecule has 0 spiro atoms. The molecule has 3 fully saturated rings. The highest BCUT2D eigenvalue weighted by Crippen LogP contribution is 2.53. The lowest BCUT2D eigenvalue weighted by atomic mass is 9.55. The quantitative estimate of drug-likeness (QED) is 0.569. The first-order valence-electron chi connectivity index (χ1n) is 13.2. The van der Waals surface area contributed by atoms with Crippen molar-refractivity contribution in [2.24, 2.45) is 5.92 Å². The first kappa shape index (κ1) is 24.8. The van der Waals surface area contributed by atoms with Crippen molar-refractivity contribution in [3.63, 3.8) is 0 Å². The summed E-state index contributed by atoms with van der Waals surface area (Å²) in [5.74, 6) is 1.70. The molecule has 0 bridgehead atoms. The number of amides is 1. The number of piperidine rings is 1. The van der Waals surface area contributed by atoms with Crippen molar-refractivity contribution >= 4 is 12.0 Å². The van der Waals surface area contributed by atoms with Gasteiger partial charge < -0.3 is 24.7 Å². The van der Waals surface area contributed by atoms with E-state index in [-0.39, 0.29) is 17.7 Å². The second-order valence-corrected chi connectivity index (χ2v) is 11.0. The molecule has 6 nitrogen and oxygen atoms in total. The van der Waals surface area contributed by atoms with Crippen LogP contribution >= 0.6 is 0 Å². The normalized spacial score (nSPS) is 28.6. The molecule has 2 aromatic rings. The SMILES string of the molecule is COc1cccc(C=CC(=O)N(C)[C@@H]2CC[C@]3(O)CN(CC4CC4)CC[C@@]3(c3cccc(O)c3)C2)c1. The number of nitrogens with zero attached hydrogens (tertiary/aromatic N) is 2. The van der Waals surface area contributed by atoms with Crippen LogP contribution in [0.15, 0.2) is 54.6 Å². The third-order valence-electron chi connectivity index (χ3n) is 8.73. The van der Waals surface area contributed by atoms with Gasteiger partial charge in [-0.3, -0.25) is 4.79 Å². The van der Waals surface area contributed by atoms with Crippen molar-refractivity contribution in [3.05, 3.63) is 65.7 Å². The predicted octanol–water partition coefficient (Wildman–Crippen LogP) is 4.21. The summed E-state index contributed by atoms with van der Waals surface area (Å²) in [5, 5.41) is 22.5. The number of carbonyl (C=O) groups excluding carboxylic acids is 1. The summed E-state index contributed by atoms with van der Waals surface area (Å²) in [6.07, 6.45) is 8.92. The molecule has 3 aliphatic rings. The zero-order chi connectivity index (χ0) is 25.3. The molecular formula is C30H38N2O4. The first-order chi connectivity index (χ1) is 17.3. The molecular weight excluding hydrogens is 452 g/mol. The highest BCUT2D eigenvalue weighted by atomic mass is 16.5. The van der Waals surface area contributed by atoms with Gasteiger partial charge in [-0.25, -0.2) is 0 Å². The number of methoxy groups -OCH3 is 1. The lowest BCUT2D eigenvalue weighted by Gasteiger charge is -2.59. The van der Waals surface area contributed by atoms with Crippen LogP contribution in [0.25, 0.3) is 6.08 Å². The topological polar surface area (TPSA) is 73.2 Å². The van der Waals surface area contributed by atoms with Crippen molar-refractivity contribution in [1.29, 1.82) is 0 Å². The smallest absolute Gasteiger partial charge is 0.246 e. The fraction of sp³-hybridized carbons (Fsp3) is 0.500. The Bertz CT molecular complexity index is 1130. The van der Waals surface area contributed by atoms with Crippen molar-refractivity contribution in [3.8, 4) is 11.5 Å². The summed E-state index contributed by atoms with van der Waals surface area (Å²) in [5.41, 5.74) is 0.506. The minimum absolute atomic E-state index is 0.00469. The fourth-order valence-corrected chi connectivity index (χ4v) is 6.40. The Hall–Kier alpha value is -2.83. The number of likely N-dealkylation sites (tertiary alicyclic amines) is 1. The van der Waals surface area contributed by atoms with Crippen LogP contribution in [0.2, 0.25) is 0 Å². The van der Waals surface area contributed by atoms with E-state index in [1.54, 1.807) is 19.3 Å². The Labute approximate surface area is 214 Å². The molecule has 1 amide bonds. The van der Waals surface area contributed by atoms with Crippen LogP contribution in [-0.4, -0.2) is 71.4 Å². The molecule has 0 aromatic heterocycles. The van der Waals surface area contributed by atoms with Gasteiger partial charge in [0.2, 0.25) is 5.91 Å². The summed E-state index contributed by atoms with van der Waals surface area (Å²) in [6, 6.07) is 15.0. The van der Waals surface area contributed by atoms with Gasteiger partial charge in [-0.05, 0) is 92.5 Å². The van der Waals surface area contributed by atoms with E-state index >= 15 is 0 Å². The van der Waals surface area contributed by atoms with Crippen LogP contribution in [0.4, 0.5) is 0 Å². The van der Waals surface area contributed by atoms with Crippen molar-refractivity contribution in [2.45, 2.75) is 55.6 Å². The summed E-state index contributed by atoms with van der Waals surface area (Å²) in [7, 11) is 3.50. The maximum Gasteiger partial charge on any atom is 0.246 e. The molecule has 3 atom stereocenters. The third kappa shape index (κ3) is 4.89. The van der Waals surface area contributed by atoms with Crippen LogP contribution in [0, 0.1) is 5.92 Å². The number of fused-ring (bicyclic) bond motifs is 1. The minimum atomic E-state index is -0.884. The second kappa shape index (κ2) is 9.91. The van der Waals surface area contributed by atoms with Crippen molar-refractivity contribution in [2.75, 3.05) is 33.8 Å². The number of benzene rings is 2. The molecule has 0 unspecified atom stereocenters. The predicted molar refractivity (Wildman–Crippen MR) is 141 cm³/mol. The molecule has 5 rings (SSSR count). The number of carbonyl (C=O) groups is 1. The van der Waals surface area contributed by atoms with E-state index in [1.807, 2.05) is 60.5 Å². The second-order valence-electron chi connectivity index (χ2n) is 11.0. The lowest BCUT2D eigenvalue weighted by Crippen LogP contribution is -2.67.